The fourth-order valence-electron chi connectivity index (χ4n) is 2.70. The van der Waals surface area contributed by atoms with Crippen molar-refractivity contribution in [2.45, 2.75) is 22.4 Å². The zero-order valence-electron chi connectivity index (χ0n) is 14.5. The highest BCUT2D eigenvalue weighted by atomic mass is 35.5. The molecule has 0 amide bonds. The SMILES string of the molecule is Cl.NCCNCCCNc1cc(C(F)(F)F)cc2c1Nc1ccccc1S2. The number of nitrogens with two attached hydrogens (primary N) is 1. The minimum Gasteiger partial charge on any atom is -0.383 e. The summed E-state index contributed by atoms with van der Waals surface area (Å²) >= 11 is 1.35. The Morgan fingerprint density at radius 2 is 1.81 bits per heavy atom. The molecule has 9 heteroatoms. The van der Waals surface area contributed by atoms with Crippen molar-refractivity contribution in [1.29, 1.82) is 0 Å². The van der Waals surface area contributed by atoms with Crippen LogP contribution in [0.15, 0.2) is 46.2 Å². The van der Waals surface area contributed by atoms with Crippen molar-refractivity contribution in [2.75, 3.05) is 36.8 Å². The van der Waals surface area contributed by atoms with Crippen molar-refractivity contribution in [3.63, 3.8) is 0 Å². The summed E-state index contributed by atoms with van der Waals surface area (Å²) in [5.74, 6) is 0. The van der Waals surface area contributed by atoms with Gasteiger partial charge in [0, 0.05) is 29.4 Å². The predicted octanol–water partition coefficient (Wildman–Crippen LogP) is 4.69. The quantitative estimate of drug-likeness (QED) is 0.419. The lowest BCUT2D eigenvalue weighted by Crippen LogP contribution is -2.24. The van der Waals surface area contributed by atoms with E-state index in [-0.39, 0.29) is 12.4 Å². The molecule has 3 rings (SSSR count). The van der Waals surface area contributed by atoms with E-state index in [9.17, 15) is 13.2 Å². The Morgan fingerprint density at radius 3 is 2.56 bits per heavy atom. The van der Waals surface area contributed by atoms with Crippen LogP contribution in [0.25, 0.3) is 0 Å². The minimum absolute atomic E-state index is 0. The first-order valence-electron chi connectivity index (χ1n) is 8.43. The predicted molar refractivity (Wildman–Crippen MR) is 108 cm³/mol. The summed E-state index contributed by atoms with van der Waals surface area (Å²) in [4.78, 5) is 1.48. The van der Waals surface area contributed by atoms with Crippen molar-refractivity contribution >= 4 is 41.2 Å². The number of para-hydroxylation sites is 1. The summed E-state index contributed by atoms with van der Waals surface area (Å²) in [5.41, 5.74) is 6.83. The second kappa shape index (κ2) is 9.54. The van der Waals surface area contributed by atoms with Gasteiger partial charge in [0.2, 0.25) is 0 Å². The van der Waals surface area contributed by atoms with Crippen LogP contribution in [0.3, 0.4) is 0 Å². The van der Waals surface area contributed by atoms with Gasteiger partial charge in [-0.25, -0.2) is 0 Å². The zero-order valence-corrected chi connectivity index (χ0v) is 16.2. The van der Waals surface area contributed by atoms with Gasteiger partial charge in [-0.3, -0.25) is 0 Å². The summed E-state index contributed by atoms with van der Waals surface area (Å²) in [5, 5.41) is 9.58. The van der Waals surface area contributed by atoms with Gasteiger partial charge in [-0.15, -0.1) is 12.4 Å². The van der Waals surface area contributed by atoms with E-state index in [1.54, 1.807) is 0 Å². The van der Waals surface area contributed by atoms with Crippen LogP contribution in [-0.4, -0.2) is 26.2 Å². The molecule has 0 fully saturated rings. The second-order valence-corrected chi connectivity index (χ2v) is 7.02. The molecule has 27 heavy (non-hydrogen) atoms. The Morgan fingerprint density at radius 1 is 1.04 bits per heavy atom. The number of alkyl halides is 3. The van der Waals surface area contributed by atoms with Crippen molar-refractivity contribution in [1.82, 2.24) is 5.32 Å². The average molecular weight is 419 g/mol. The molecule has 1 aliphatic rings. The molecule has 0 unspecified atom stereocenters. The van der Waals surface area contributed by atoms with E-state index in [4.69, 9.17) is 5.73 Å². The van der Waals surface area contributed by atoms with Gasteiger partial charge >= 0.3 is 6.18 Å². The van der Waals surface area contributed by atoms with Gasteiger partial charge < -0.3 is 21.7 Å². The minimum atomic E-state index is -4.38. The largest absolute Gasteiger partial charge is 0.416 e. The van der Waals surface area contributed by atoms with Gasteiger partial charge in [0.25, 0.3) is 0 Å². The first-order valence-corrected chi connectivity index (χ1v) is 9.24. The van der Waals surface area contributed by atoms with Crippen LogP contribution in [0, 0.1) is 0 Å². The number of benzene rings is 2. The highest BCUT2D eigenvalue weighted by Gasteiger charge is 2.33. The van der Waals surface area contributed by atoms with E-state index in [0.29, 0.717) is 29.4 Å². The van der Waals surface area contributed by atoms with Crippen LogP contribution < -0.4 is 21.7 Å². The Balaban J connectivity index is 0.00000261. The Bertz CT molecular complexity index is 771. The average Bonchev–Trinajstić information content (AvgIpc) is 2.62. The Hall–Kier alpha value is -1.61. The third-order valence-electron chi connectivity index (χ3n) is 3.96. The van der Waals surface area contributed by atoms with Crippen molar-refractivity contribution in [2.24, 2.45) is 5.73 Å². The monoisotopic (exact) mass is 418 g/mol. The molecule has 0 saturated heterocycles. The molecule has 0 aliphatic carbocycles. The van der Waals surface area contributed by atoms with Crippen LogP contribution >= 0.6 is 24.2 Å². The summed E-state index contributed by atoms with van der Waals surface area (Å²) < 4.78 is 39.8. The molecule has 148 valence electrons. The highest BCUT2D eigenvalue weighted by Crippen LogP contribution is 2.49. The van der Waals surface area contributed by atoms with Crippen LogP contribution in [0.2, 0.25) is 0 Å². The normalized spacial score (nSPS) is 12.4. The molecular weight excluding hydrogens is 397 g/mol. The number of rotatable bonds is 7. The molecule has 0 aromatic heterocycles. The maximum atomic E-state index is 13.3. The topological polar surface area (TPSA) is 62.1 Å². The lowest BCUT2D eigenvalue weighted by atomic mass is 10.1. The molecule has 0 atom stereocenters. The Kier molecular flexibility index (Phi) is 7.67. The van der Waals surface area contributed by atoms with Crippen LogP contribution in [0.4, 0.5) is 30.2 Å². The summed E-state index contributed by atoms with van der Waals surface area (Å²) in [6.07, 6.45) is -3.60. The second-order valence-electron chi connectivity index (χ2n) is 5.94. The van der Waals surface area contributed by atoms with E-state index in [0.717, 1.165) is 30.1 Å². The Labute approximate surface area is 166 Å². The molecule has 2 aromatic rings. The summed E-state index contributed by atoms with van der Waals surface area (Å²) in [6.45, 7) is 2.62. The molecule has 4 nitrogen and oxygen atoms in total. The van der Waals surface area contributed by atoms with E-state index in [1.165, 1.54) is 23.9 Å². The number of fused-ring (bicyclic) bond motifs is 2. The molecule has 2 aromatic carbocycles. The van der Waals surface area contributed by atoms with E-state index in [2.05, 4.69) is 16.0 Å². The van der Waals surface area contributed by atoms with Crippen LogP contribution in [0.1, 0.15) is 12.0 Å². The number of nitrogens with one attached hydrogen (secondary N) is 3. The van der Waals surface area contributed by atoms with E-state index in [1.807, 2.05) is 24.3 Å². The number of hydrogen-bond donors (Lipinski definition) is 4. The lowest BCUT2D eigenvalue weighted by Gasteiger charge is -2.25. The van der Waals surface area contributed by atoms with Crippen molar-refractivity contribution in [3.8, 4) is 0 Å². The van der Waals surface area contributed by atoms with Gasteiger partial charge in [-0.05, 0) is 37.2 Å². The number of hydrogen-bond acceptors (Lipinski definition) is 5. The van der Waals surface area contributed by atoms with Gasteiger partial charge in [0.1, 0.15) is 0 Å². The number of anilines is 3. The molecule has 0 bridgehead atoms. The van der Waals surface area contributed by atoms with E-state index < -0.39 is 11.7 Å². The molecular formula is C18H22ClF3N4S. The van der Waals surface area contributed by atoms with E-state index >= 15 is 0 Å². The smallest absolute Gasteiger partial charge is 0.383 e. The summed E-state index contributed by atoms with van der Waals surface area (Å²) in [6, 6.07) is 9.97. The molecule has 1 aliphatic heterocycles. The third kappa shape index (κ3) is 5.44. The van der Waals surface area contributed by atoms with Gasteiger partial charge in [0.05, 0.1) is 22.6 Å². The van der Waals surface area contributed by atoms with Gasteiger partial charge in [0.15, 0.2) is 0 Å². The van der Waals surface area contributed by atoms with Crippen molar-refractivity contribution < 1.29 is 13.2 Å². The summed E-state index contributed by atoms with van der Waals surface area (Å²) in [7, 11) is 0. The fraction of sp³-hybridized carbons (Fsp3) is 0.333. The fourth-order valence-corrected chi connectivity index (χ4v) is 3.77. The molecule has 0 saturated carbocycles. The highest BCUT2D eigenvalue weighted by molar-refractivity contribution is 7.99. The van der Waals surface area contributed by atoms with Crippen LogP contribution in [0.5, 0.6) is 0 Å². The van der Waals surface area contributed by atoms with Gasteiger partial charge in [-0.1, -0.05) is 23.9 Å². The maximum absolute atomic E-state index is 13.3. The first kappa shape index (κ1) is 21.7. The first-order chi connectivity index (χ1) is 12.5. The lowest BCUT2D eigenvalue weighted by molar-refractivity contribution is -0.137. The molecule has 1 heterocycles. The standard InChI is InChI=1S/C18H21F3N4S.ClH/c19-18(20,21)12-10-14(24-8-3-7-23-9-6-22)17-16(11-12)26-15-5-2-1-4-13(15)25-17;/h1-2,4-5,10-11,23-25H,3,6-9,22H2;1H. The molecule has 0 spiro atoms. The number of halogens is 4. The van der Waals surface area contributed by atoms with Crippen LogP contribution in [-0.2, 0) is 6.18 Å². The third-order valence-corrected chi connectivity index (χ3v) is 5.08. The van der Waals surface area contributed by atoms with Gasteiger partial charge in [-0.2, -0.15) is 13.2 Å². The molecule has 0 radical (unpaired) electrons. The maximum Gasteiger partial charge on any atom is 0.416 e. The van der Waals surface area contributed by atoms with Crippen molar-refractivity contribution in [3.05, 3.63) is 42.0 Å². The zero-order chi connectivity index (χ0) is 18.6. The molecule has 5 N–H and O–H groups in total.